The first-order valence-corrected chi connectivity index (χ1v) is 11.8. The van der Waals surface area contributed by atoms with Crippen molar-refractivity contribution in [2.45, 2.75) is 27.0 Å². The molecule has 6 heteroatoms. The van der Waals surface area contributed by atoms with E-state index in [1.54, 1.807) is 0 Å². The molecule has 0 radical (unpaired) electrons. The Morgan fingerprint density at radius 2 is 1.84 bits per heavy atom. The van der Waals surface area contributed by atoms with Crippen molar-refractivity contribution in [3.05, 3.63) is 86.1 Å². The molecule has 0 atom stereocenters. The zero-order valence-corrected chi connectivity index (χ0v) is 19.5. The predicted molar refractivity (Wildman–Crippen MR) is 127 cm³/mol. The van der Waals surface area contributed by atoms with Crippen LogP contribution in [0.4, 0.5) is 0 Å². The van der Waals surface area contributed by atoms with Gasteiger partial charge in [0.25, 0.3) is 5.91 Å². The largest absolute Gasteiger partial charge is 0.489 e. The van der Waals surface area contributed by atoms with E-state index in [-0.39, 0.29) is 5.91 Å². The highest BCUT2D eigenvalue weighted by Crippen LogP contribution is 2.24. The Hall–Kier alpha value is -2.34. The molecule has 4 nitrogen and oxygen atoms in total. The van der Waals surface area contributed by atoms with E-state index < -0.39 is 0 Å². The standard InChI is InChI=1S/C25H27ClN2O2S/c1-18-4-3-5-20(12-18)15-27-8-10-28(11-9-27)25(29)24-14-21(17-31-24)16-30-23-7-6-22(26)13-19(23)2/h3-7,12-14,17H,8-11,15-16H2,1-2H3. The number of piperazine rings is 1. The molecule has 2 aromatic carbocycles. The number of hydrogen-bond donors (Lipinski definition) is 0. The number of rotatable bonds is 6. The Morgan fingerprint density at radius 1 is 1.03 bits per heavy atom. The molecule has 1 aromatic heterocycles. The van der Waals surface area contributed by atoms with Crippen LogP contribution in [-0.2, 0) is 13.2 Å². The van der Waals surface area contributed by atoms with Crippen molar-refractivity contribution in [1.82, 2.24) is 9.80 Å². The minimum Gasteiger partial charge on any atom is -0.489 e. The third-order valence-corrected chi connectivity index (χ3v) is 6.75. The summed E-state index contributed by atoms with van der Waals surface area (Å²) in [5.41, 5.74) is 4.64. The number of amides is 1. The molecule has 1 aliphatic rings. The van der Waals surface area contributed by atoms with Gasteiger partial charge in [-0.15, -0.1) is 11.3 Å². The summed E-state index contributed by atoms with van der Waals surface area (Å²) in [7, 11) is 0. The van der Waals surface area contributed by atoms with Gasteiger partial charge in [-0.3, -0.25) is 9.69 Å². The van der Waals surface area contributed by atoms with Crippen LogP contribution in [0.2, 0.25) is 5.02 Å². The maximum absolute atomic E-state index is 13.0. The lowest BCUT2D eigenvalue weighted by Crippen LogP contribution is -2.48. The van der Waals surface area contributed by atoms with E-state index in [2.05, 4.69) is 36.1 Å². The van der Waals surface area contributed by atoms with Crippen LogP contribution in [0.1, 0.15) is 31.9 Å². The number of benzene rings is 2. The fourth-order valence-electron chi connectivity index (χ4n) is 3.83. The normalized spacial score (nSPS) is 14.6. The highest BCUT2D eigenvalue weighted by molar-refractivity contribution is 7.12. The summed E-state index contributed by atoms with van der Waals surface area (Å²) >= 11 is 7.49. The molecule has 3 aromatic rings. The molecule has 1 amide bonds. The van der Waals surface area contributed by atoms with Gasteiger partial charge in [0.1, 0.15) is 12.4 Å². The van der Waals surface area contributed by atoms with E-state index in [1.165, 1.54) is 22.5 Å². The zero-order valence-electron chi connectivity index (χ0n) is 17.9. The summed E-state index contributed by atoms with van der Waals surface area (Å²) in [6, 6.07) is 16.2. The summed E-state index contributed by atoms with van der Waals surface area (Å²) in [4.78, 5) is 18.1. The second-order valence-corrected chi connectivity index (χ2v) is 9.42. The fraction of sp³-hybridized carbons (Fsp3) is 0.320. The molecule has 0 unspecified atom stereocenters. The SMILES string of the molecule is Cc1cccc(CN2CCN(C(=O)c3cc(COc4ccc(Cl)cc4C)cs3)CC2)c1. The van der Waals surface area contributed by atoms with E-state index in [1.807, 2.05) is 41.5 Å². The third kappa shape index (κ3) is 5.67. The zero-order chi connectivity index (χ0) is 21.8. The monoisotopic (exact) mass is 454 g/mol. The first kappa shape index (κ1) is 21.9. The summed E-state index contributed by atoms with van der Waals surface area (Å²) < 4.78 is 5.91. The number of aryl methyl sites for hydroxylation is 2. The minimum absolute atomic E-state index is 0.120. The number of carbonyl (C=O) groups excluding carboxylic acids is 1. The van der Waals surface area contributed by atoms with Crippen LogP contribution in [-0.4, -0.2) is 41.9 Å². The van der Waals surface area contributed by atoms with Crippen molar-refractivity contribution in [3.63, 3.8) is 0 Å². The van der Waals surface area contributed by atoms with Crippen LogP contribution in [0.3, 0.4) is 0 Å². The number of ether oxygens (including phenoxy) is 1. The highest BCUT2D eigenvalue weighted by Gasteiger charge is 2.23. The molecule has 2 heterocycles. The summed E-state index contributed by atoms with van der Waals surface area (Å²) in [6.07, 6.45) is 0. The molecule has 1 aliphatic heterocycles. The van der Waals surface area contributed by atoms with Crippen LogP contribution < -0.4 is 4.74 Å². The molecule has 31 heavy (non-hydrogen) atoms. The molecular weight excluding hydrogens is 428 g/mol. The predicted octanol–water partition coefficient (Wildman–Crippen LogP) is 5.56. The van der Waals surface area contributed by atoms with E-state index in [0.29, 0.717) is 11.6 Å². The second kappa shape index (κ2) is 9.86. The number of thiophene rings is 1. The lowest BCUT2D eigenvalue weighted by Gasteiger charge is -2.34. The van der Waals surface area contributed by atoms with Crippen molar-refractivity contribution < 1.29 is 9.53 Å². The molecule has 0 bridgehead atoms. The molecule has 1 saturated heterocycles. The second-order valence-electron chi connectivity index (χ2n) is 8.08. The average molecular weight is 455 g/mol. The topological polar surface area (TPSA) is 32.8 Å². The molecule has 0 spiro atoms. The third-order valence-electron chi connectivity index (χ3n) is 5.54. The van der Waals surface area contributed by atoms with E-state index in [0.717, 1.165) is 54.5 Å². The molecule has 0 saturated carbocycles. The quantitative estimate of drug-likeness (QED) is 0.489. The first-order chi connectivity index (χ1) is 15.0. The van der Waals surface area contributed by atoms with E-state index >= 15 is 0 Å². The van der Waals surface area contributed by atoms with Crippen molar-refractivity contribution in [2.24, 2.45) is 0 Å². The number of hydrogen-bond acceptors (Lipinski definition) is 4. The Bertz CT molecular complexity index is 1060. The molecule has 4 rings (SSSR count). The van der Waals surface area contributed by atoms with Gasteiger partial charge in [0.05, 0.1) is 4.88 Å². The minimum atomic E-state index is 0.120. The number of nitrogens with zero attached hydrogens (tertiary/aromatic N) is 2. The van der Waals surface area contributed by atoms with Gasteiger partial charge in [0, 0.05) is 43.3 Å². The van der Waals surface area contributed by atoms with Gasteiger partial charge >= 0.3 is 0 Å². The number of halogens is 1. The van der Waals surface area contributed by atoms with Crippen LogP contribution in [0.5, 0.6) is 5.75 Å². The Balaban J connectivity index is 1.29. The van der Waals surface area contributed by atoms with Gasteiger partial charge in [-0.2, -0.15) is 0 Å². The van der Waals surface area contributed by atoms with Gasteiger partial charge in [-0.1, -0.05) is 41.4 Å². The highest BCUT2D eigenvalue weighted by atomic mass is 35.5. The summed E-state index contributed by atoms with van der Waals surface area (Å²) in [5, 5.41) is 2.71. The smallest absolute Gasteiger partial charge is 0.264 e. The molecule has 1 fully saturated rings. The van der Waals surface area contributed by atoms with Crippen molar-refractivity contribution in [1.29, 1.82) is 0 Å². The van der Waals surface area contributed by atoms with Crippen LogP contribution >= 0.6 is 22.9 Å². The molecule has 162 valence electrons. The lowest BCUT2D eigenvalue weighted by atomic mass is 10.1. The Morgan fingerprint density at radius 3 is 2.58 bits per heavy atom. The molecule has 0 aliphatic carbocycles. The number of carbonyl (C=O) groups is 1. The maximum atomic E-state index is 13.0. The van der Waals surface area contributed by atoms with Gasteiger partial charge in [0.2, 0.25) is 0 Å². The fourth-order valence-corrected chi connectivity index (χ4v) is 4.92. The summed E-state index contributed by atoms with van der Waals surface area (Å²) in [6.45, 7) is 8.80. The van der Waals surface area contributed by atoms with Crippen molar-refractivity contribution >= 4 is 28.8 Å². The average Bonchev–Trinajstić information content (AvgIpc) is 3.22. The summed E-state index contributed by atoms with van der Waals surface area (Å²) in [5.74, 6) is 0.933. The van der Waals surface area contributed by atoms with Crippen LogP contribution in [0.25, 0.3) is 0 Å². The van der Waals surface area contributed by atoms with Gasteiger partial charge < -0.3 is 9.64 Å². The van der Waals surface area contributed by atoms with Gasteiger partial charge in [-0.05, 0) is 54.6 Å². The van der Waals surface area contributed by atoms with Crippen LogP contribution in [0.15, 0.2) is 53.9 Å². The molecular formula is C25H27ClN2O2S. The van der Waals surface area contributed by atoms with E-state index in [4.69, 9.17) is 16.3 Å². The van der Waals surface area contributed by atoms with Gasteiger partial charge in [-0.25, -0.2) is 0 Å². The van der Waals surface area contributed by atoms with Crippen molar-refractivity contribution in [3.8, 4) is 5.75 Å². The van der Waals surface area contributed by atoms with Gasteiger partial charge in [0.15, 0.2) is 0 Å². The molecule has 0 N–H and O–H groups in total. The maximum Gasteiger partial charge on any atom is 0.264 e. The first-order valence-electron chi connectivity index (χ1n) is 10.5. The Labute approximate surface area is 193 Å². The lowest BCUT2D eigenvalue weighted by molar-refractivity contribution is 0.0633. The van der Waals surface area contributed by atoms with E-state index in [9.17, 15) is 4.79 Å². The Kier molecular flexibility index (Phi) is 6.96. The van der Waals surface area contributed by atoms with Crippen molar-refractivity contribution in [2.75, 3.05) is 26.2 Å². The van der Waals surface area contributed by atoms with Crippen LogP contribution in [0, 0.1) is 13.8 Å².